The first-order chi connectivity index (χ1) is 11.7. The maximum Gasteiger partial charge on any atom is 0.191 e. The van der Waals surface area contributed by atoms with Crippen molar-refractivity contribution in [2.24, 2.45) is 4.99 Å². The Labute approximate surface area is 170 Å². The summed E-state index contributed by atoms with van der Waals surface area (Å²) in [5, 5.41) is 6.81. The highest BCUT2D eigenvalue weighted by Gasteiger charge is 2.16. The summed E-state index contributed by atoms with van der Waals surface area (Å²) in [5.74, 6) is 0.858. The molecule has 0 spiro atoms. The summed E-state index contributed by atoms with van der Waals surface area (Å²) in [6.07, 6.45) is 2.01. The van der Waals surface area contributed by atoms with Crippen molar-refractivity contribution in [1.29, 1.82) is 0 Å². The summed E-state index contributed by atoms with van der Waals surface area (Å²) in [4.78, 5) is 6.81. The lowest BCUT2D eigenvalue weighted by Gasteiger charge is -2.30. The van der Waals surface area contributed by atoms with Gasteiger partial charge in [-0.15, -0.1) is 24.0 Å². The van der Waals surface area contributed by atoms with Gasteiger partial charge in [0, 0.05) is 39.9 Å². The number of hydrogen-bond acceptors (Lipinski definition) is 3. The molecule has 5 nitrogen and oxygen atoms in total. The zero-order chi connectivity index (χ0) is 17.6. The number of nitrogens with zero attached hydrogens (tertiary/aromatic N) is 2. The fourth-order valence-corrected chi connectivity index (χ4v) is 2.81. The molecule has 2 N–H and O–H groups in total. The minimum atomic E-state index is 0. The molecule has 0 aliphatic rings. The summed E-state index contributed by atoms with van der Waals surface area (Å²) < 4.78 is 5.08. The Morgan fingerprint density at radius 3 is 2.40 bits per heavy atom. The van der Waals surface area contributed by atoms with Crippen LogP contribution in [0.3, 0.4) is 0 Å². The molecule has 1 atom stereocenters. The van der Waals surface area contributed by atoms with E-state index in [4.69, 9.17) is 4.74 Å². The average Bonchev–Trinajstić information content (AvgIpc) is 2.62. The lowest BCUT2D eigenvalue weighted by Crippen LogP contribution is -2.48. The van der Waals surface area contributed by atoms with E-state index in [9.17, 15) is 0 Å². The van der Waals surface area contributed by atoms with E-state index in [2.05, 4.69) is 64.7 Å². The molecule has 1 aromatic rings. The molecule has 0 aromatic heterocycles. The van der Waals surface area contributed by atoms with Crippen LogP contribution in [0.25, 0.3) is 0 Å². The van der Waals surface area contributed by atoms with Gasteiger partial charge in [0.1, 0.15) is 0 Å². The Morgan fingerprint density at radius 1 is 1.16 bits per heavy atom. The molecular weight excluding hydrogens is 427 g/mol. The topological polar surface area (TPSA) is 48.9 Å². The van der Waals surface area contributed by atoms with Crippen molar-refractivity contribution in [1.82, 2.24) is 15.5 Å². The van der Waals surface area contributed by atoms with Gasteiger partial charge >= 0.3 is 0 Å². The number of rotatable bonds is 11. The predicted octanol–water partition coefficient (Wildman–Crippen LogP) is 2.76. The van der Waals surface area contributed by atoms with Crippen molar-refractivity contribution in [3.63, 3.8) is 0 Å². The number of guanidine groups is 1. The smallest absolute Gasteiger partial charge is 0.191 e. The van der Waals surface area contributed by atoms with Gasteiger partial charge in [0.05, 0.1) is 0 Å². The number of nitrogens with one attached hydrogen (secondary N) is 2. The van der Waals surface area contributed by atoms with E-state index in [0.29, 0.717) is 6.04 Å². The van der Waals surface area contributed by atoms with Gasteiger partial charge in [0.25, 0.3) is 0 Å². The Bertz CT molecular complexity index is 452. The summed E-state index contributed by atoms with van der Waals surface area (Å²) in [5.41, 5.74) is 1.37. The van der Waals surface area contributed by atoms with Crippen LogP contribution >= 0.6 is 24.0 Å². The Balaban J connectivity index is 0.00000576. The molecule has 1 unspecified atom stereocenters. The quantitative estimate of drug-likeness (QED) is 0.230. The second-order valence-corrected chi connectivity index (χ2v) is 5.79. The van der Waals surface area contributed by atoms with Gasteiger partial charge in [-0.3, -0.25) is 9.89 Å². The fraction of sp³-hybridized carbons (Fsp3) is 0.632. The molecule has 0 bridgehead atoms. The SMILES string of the molecule is CCN(CC)C(CNC(=NC)NCCCOC)Cc1ccccc1.I. The Kier molecular flexibility index (Phi) is 14.9. The average molecular weight is 462 g/mol. The van der Waals surface area contributed by atoms with E-state index in [-0.39, 0.29) is 24.0 Å². The van der Waals surface area contributed by atoms with Crippen LogP contribution in [-0.4, -0.2) is 63.8 Å². The van der Waals surface area contributed by atoms with Crippen LogP contribution in [0.2, 0.25) is 0 Å². The number of likely N-dealkylation sites (N-methyl/N-ethyl adjacent to an activating group) is 1. The van der Waals surface area contributed by atoms with Crippen LogP contribution in [0.4, 0.5) is 0 Å². The highest BCUT2D eigenvalue weighted by atomic mass is 127. The van der Waals surface area contributed by atoms with Gasteiger partial charge < -0.3 is 15.4 Å². The Morgan fingerprint density at radius 2 is 1.84 bits per heavy atom. The highest BCUT2D eigenvalue weighted by Crippen LogP contribution is 2.08. The molecule has 0 amide bonds. The summed E-state index contributed by atoms with van der Waals surface area (Å²) in [7, 11) is 3.54. The summed E-state index contributed by atoms with van der Waals surface area (Å²) >= 11 is 0. The maximum absolute atomic E-state index is 5.08. The zero-order valence-electron chi connectivity index (χ0n) is 16.1. The van der Waals surface area contributed by atoms with Crippen LogP contribution in [0.15, 0.2) is 35.3 Å². The van der Waals surface area contributed by atoms with Crippen molar-refractivity contribution in [2.45, 2.75) is 32.7 Å². The molecule has 0 radical (unpaired) electrons. The van der Waals surface area contributed by atoms with E-state index in [1.807, 2.05) is 7.05 Å². The van der Waals surface area contributed by atoms with E-state index in [1.54, 1.807) is 7.11 Å². The minimum absolute atomic E-state index is 0. The van der Waals surface area contributed by atoms with Gasteiger partial charge in [0.2, 0.25) is 0 Å². The van der Waals surface area contributed by atoms with E-state index >= 15 is 0 Å². The summed E-state index contributed by atoms with van der Waals surface area (Å²) in [6.45, 7) is 9.05. The minimum Gasteiger partial charge on any atom is -0.385 e. The van der Waals surface area contributed by atoms with Gasteiger partial charge in [-0.1, -0.05) is 44.2 Å². The van der Waals surface area contributed by atoms with Crippen molar-refractivity contribution in [2.75, 3.05) is 46.9 Å². The Hall–Kier alpha value is -0.860. The molecule has 0 heterocycles. The normalized spacial score (nSPS) is 12.6. The monoisotopic (exact) mass is 462 g/mol. The molecule has 0 aliphatic carbocycles. The number of methoxy groups -OCH3 is 1. The number of halogens is 1. The molecule has 0 saturated carbocycles. The second-order valence-electron chi connectivity index (χ2n) is 5.79. The maximum atomic E-state index is 5.08. The third-order valence-electron chi connectivity index (χ3n) is 4.19. The van der Waals surface area contributed by atoms with E-state index < -0.39 is 0 Å². The van der Waals surface area contributed by atoms with Crippen molar-refractivity contribution < 1.29 is 4.74 Å². The third kappa shape index (κ3) is 10.0. The summed E-state index contributed by atoms with van der Waals surface area (Å²) in [6, 6.07) is 11.1. The lowest BCUT2D eigenvalue weighted by atomic mass is 10.0. The fourth-order valence-electron chi connectivity index (χ4n) is 2.81. The van der Waals surface area contributed by atoms with Gasteiger partial charge in [-0.2, -0.15) is 0 Å². The number of aliphatic imine (C=N–C) groups is 1. The molecule has 1 aromatic carbocycles. The molecule has 25 heavy (non-hydrogen) atoms. The van der Waals surface area contributed by atoms with Crippen LogP contribution < -0.4 is 10.6 Å². The van der Waals surface area contributed by atoms with Crippen LogP contribution in [-0.2, 0) is 11.2 Å². The number of benzene rings is 1. The first-order valence-electron chi connectivity index (χ1n) is 8.96. The lowest BCUT2D eigenvalue weighted by molar-refractivity contribution is 0.195. The molecular formula is C19H35IN4O. The standard InChI is InChI=1S/C19H34N4O.HI/c1-5-23(6-2)18(15-17-11-8-7-9-12-17)16-22-19(20-3)21-13-10-14-24-4;/h7-9,11-12,18H,5-6,10,13-16H2,1-4H3,(H2,20,21,22);1H. The second kappa shape index (κ2) is 15.4. The third-order valence-corrected chi connectivity index (χ3v) is 4.19. The first kappa shape index (κ1) is 24.1. The molecule has 0 aliphatic heterocycles. The zero-order valence-corrected chi connectivity index (χ0v) is 18.5. The van der Waals surface area contributed by atoms with Crippen molar-refractivity contribution >= 4 is 29.9 Å². The predicted molar refractivity (Wildman–Crippen MR) is 118 cm³/mol. The van der Waals surface area contributed by atoms with Crippen molar-refractivity contribution in [3.8, 4) is 0 Å². The number of ether oxygens (including phenoxy) is 1. The van der Waals surface area contributed by atoms with E-state index in [0.717, 1.165) is 51.6 Å². The molecule has 144 valence electrons. The molecule has 1 rings (SSSR count). The number of hydrogen-bond donors (Lipinski definition) is 2. The molecule has 0 fully saturated rings. The largest absolute Gasteiger partial charge is 0.385 e. The van der Waals surface area contributed by atoms with Crippen LogP contribution in [0.5, 0.6) is 0 Å². The van der Waals surface area contributed by atoms with Gasteiger partial charge in [-0.25, -0.2) is 0 Å². The van der Waals surface area contributed by atoms with Crippen LogP contribution in [0.1, 0.15) is 25.8 Å². The van der Waals surface area contributed by atoms with Gasteiger partial charge in [0.15, 0.2) is 5.96 Å². The molecule has 0 saturated heterocycles. The first-order valence-corrected chi connectivity index (χ1v) is 8.96. The van der Waals surface area contributed by atoms with E-state index in [1.165, 1.54) is 5.56 Å². The highest BCUT2D eigenvalue weighted by molar-refractivity contribution is 14.0. The van der Waals surface area contributed by atoms with Gasteiger partial charge in [-0.05, 0) is 31.5 Å². The molecule has 6 heteroatoms. The van der Waals surface area contributed by atoms with Crippen LogP contribution in [0, 0.1) is 0 Å². The van der Waals surface area contributed by atoms with Crippen molar-refractivity contribution in [3.05, 3.63) is 35.9 Å².